The van der Waals surface area contributed by atoms with Gasteiger partial charge in [0.25, 0.3) is 0 Å². The summed E-state index contributed by atoms with van der Waals surface area (Å²) in [5.74, 6) is -0.338. The molecule has 1 saturated heterocycles. The number of hydrogen-bond acceptors (Lipinski definition) is 4. The summed E-state index contributed by atoms with van der Waals surface area (Å²) >= 11 is 5.99. The summed E-state index contributed by atoms with van der Waals surface area (Å²) in [6, 6.07) is 12.0. The molecule has 1 fully saturated rings. The topological polar surface area (TPSA) is 70.0 Å². The van der Waals surface area contributed by atoms with Gasteiger partial charge in [0.1, 0.15) is 6.10 Å². The number of ether oxygens (including phenoxy) is 1. The molecule has 1 amide bonds. The highest BCUT2D eigenvalue weighted by molar-refractivity contribution is 6.30. The second kappa shape index (κ2) is 6.61. The first-order valence-corrected chi connectivity index (χ1v) is 8.04. The van der Waals surface area contributed by atoms with Crippen LogP contribution >= 0.6 is 11.6 Å². The summed E-state index contributed by atoms with van der Waals surface area (Å²) in [6.07, 6.45) is -0.702. The van der Waals surface area contributed by atoms with Crippen LogP contribution in [0.5, 0.6) is 11.5 Å². The van der Waals surface area contributed by atoms with Gasteiger partial charge in [-0.2, -0.15) is 0 Å². The van der Waals surface area contributed by atoms with Gasteiger partial charge in [-0.15, -0.1) is 0 Å². The van der Waals surface area contributed by atoms with Crippen LogP contribution in [0.15, 0.2) is 42.5 Å². The summed E-state index contributed by atoms with van der Waals surface area (Å²) in [4.78, 5) is 13.8. The Labute approximate surface area is 145 Å². The van der Waals surface area contributed by atoms with E-state index in [0.29, 0.717) is 18.1 Å². The van der Waals surface area contributed by atoms with E-state index < -0.39 is 0 Å². The van der Waals surface area contributed by atoms with E-state index in [-0.39, 0.29) is 29.6 Å². The number of phenolic OH excluding ortho intramolecular Hbond substituents is 2. The molecule has 6 heteroatoms. The van der Waals surface area contributed by atoms with Gasteiger partial charge in [0.15, 0.2) is 11.5 Å². The van der Waals surface area contributed by atoms with E-state index in [1.54, 1.807) is 23.1 Å². The highest BCUT2D eigenvalue weighted by Crippen LogP contribution is 2.32. The monoisotopic (exact) mass is 347 g/mol. The molecule has 0 spiro atoms. The van der Waals surface area contributed by atoms with Crippen LogP contribution < -0.4 is 0 Å². The smallest absolute Gasteiger partial charge is 0.410 e. The quantitative estimate of drug-likeness (QED) is 0.819. The lowest BCUT2D eigenvalue weighted by Crippen LogP contribution is -2.28. The minimum absolute atomic E-state index is 0.0119. The van der Waals surface area contributed by atoms with Crippen LogP contribution in [0.25, 0.3) is 0 Å². The normalized spacial score (nSPS) is 18.5. The van der Waals surface area contributed by atoms with Crippen molar-refractivity contribution in [2.45, 2.75) is 18.9 Å². The maximum Gasteiger partial charge on any atom is 0.410 e. The van der Waals surface area contributed by atoms with Crippen LogP contribution in [0.2, 0.25) is 5.02 Å². The van der Waals surface area contributed by atoms with Crippen molar-refractivity contribution in [2.75, 3.05) is 13.1 Å². The fraction of sp³-hybridized carbons (Fsp3) is 0.278. The molecule has 5 nitrogen and oxygen atoms in total. The molecule has 126 valence electrons. The fourth-order valence-corrected chi connectivity index (χ4v) is 3.02. The van der Waals surface area contributed by atoms with Crippen molar-refractivity contribution in [1.82, 2.24) is 4.90 Å². The Morgan fingerprint density at radius 1 is 1.25 bits per heavy atom. The number of halogens is 1. The van der Waals surface area contributed by atoms with Gasteiger partial charge < -0.3 is 19.8 Å². The molecule has 2 aromatic rings. The van der Waals surface area contributed by atoms with Crippen molar-refractivity contribution in [2.24, 2.45) is 0 Å². The first-order chi connectivity index (χ1) is 11.4. The lowest BCUT2D eigenvalue weighted by Gasteiger charge is -2.19. The molecule has 1 aliphatic rings. The molecule has 2 aromatic carbocycles. The van der Waals surface area contributed by atoms with E-state index in [4.69, 9.17) is 16.3 Å². The number of carbonyl (C=O) groups is 1. The number of rotatable bonds is 4. The molecule has 2 atom stereocenters. The number of hydrogen-bond donors (Lipinski definition) is 2. The molecule has 2 N–H and O–H groups in total. The summed E-state index contributed by atoms with van der Waals surface area (Å²) in [5.41, 5.74) is 1.71. The third-order valence-electron chi connectivity index (χ3n) is 4.17. The number of amides is 1. The number of benzene rings is 2. The summed E-state index contributed by atoms with van der Waals surface area (Å²) in [7, 11) is 0. The maximum absolute atomic E-state index is 12.1. The second-order valence-electron chi connectivity index (χ2n) is 5.98. The third-order valence-corrected chi connectivity index (χ3v) is 4.41. The lowest BCUT2D eigenvalue weighted by atomic mass is 10.00. The van der Waals surface area contributed by atoms with Crippen LogP contribution in [-0.4, -0.2) is 34.3 Å². The molecule has 0 bridgehead atoms. The molecule has 1 heterocycles. The zero-order valence-corrected chi connectivity index (χ0v) is 13.9. The molecular weight excluding hydrogens is 330 g/mol. The summed E-state index contributed by atoms with van der Waals surface area (Å²) < 4.78 is 5.43. The minimum atomic E-state index is -0.366. The van der Waals surface area contributed by atoms with Crippen LogP contribution in [0, 0.1) is 0 Å². The second-order valence-corrected chi connectivity index (χ2v) is 6.42. The van der Waals surface area contributed by atoms with Gasteiger partial charge in [0.05, 0.1) is 6.54 Å². The zero-order valence-electron chi connectivity index (χ0n) is 13.1. The Kier molecular flexibility index (Phi) is 4.53. The van der Waals surface area contributed by atoms with Gasteiger partial charge in [-0.25, -0.2) is 4.79 Å². The van der Waals surface area contributed by atoms with Gasteiger partial charge in [0, 0.05) is 11.6 Å². The molecular formula is C18H18ClNO4. The summed E-state index contributed by atoms with van der Waals surface area (Å²) in [6.45, 7) is 2.86. The average Bonchev–Trinajstić information content (AvgIpc) is 2.91. The zero-order chi connectivity index (χ0) is 17.3. The van der Waals surface area contributed by atoms with Crippen LogP contribution in [0.4, 0.5) is 4.79 Å². The van der Waals surface area contributed by atoms with E-state index in [0.717, 1.165) is 11.1 Å². The molecule has 3 rings (SSSR count). The largest absolute Gasteiger partial charge is 0.504 e. The Hall–Kier alpha value is -2.40. The molecule has 1 aliphatic heterocycles. The molecule has 0 radical (unpaired) electrons. The van der Waals surface area contributed by atoms with E-state index in [9.17, 15) is 15.0 Å². The number of nitrogens with zero attached hydrogens (tertiary/aromatic N) is 1. The average molecular weight is 348 g/mol. The molecule has 0 saturated carbocycles. The third kappa shape index (κ3) is 3.41. The Balaban J connectivity index is 1.69. The van der Waals surface area contributed by atoms with E-state index in [2.05, 4.69) is 0 Å². The minimum Gasteiger partial charge on any atom is -0.504 e. The van der Waals surface area contributed by atoms with Crippen LogP contribution in [-0.2, 0) is 4.74 Å². The standard InChI is InChI=1S/C18H18ClNO4/c1-11(12-5-6-15(21)16(22)8-12)9-20-10-17(24-18(20)23)13-3-2-4-14(19)7-13/h2-8,11,17,21-22H,9-10H2,1H3. The predicted molar refractivity (Wildman–Crippen MR) is 90.4 cm³/mol. The van der Waals surface area contributed by atoms with Gasteiger partial charge >= 0.3 is 6.09 Å². The van der Waals surface area contributed by atoms with E-state index in [1.165, 1.54) is 12.1 Å². The molecule has 0 aliphatic carbocycles. The van der Waals surface area contributed by atoms with Gasteiger partial charge in [-0.3, -0.25) is 0 Å². The van der Waals surface area contributed by atoms with E-state index in [1.807, 2.05) is 19.1 Å². The number of phenols is 2. The van der Waals surface area contributed by atoms with Crippen molar-refractivity contribution in [1.29, 1.82) is 0 Å². The van der Waals surface area contributed by atoms with Crippen molar-refractivity contribution in [3.05, 3.63) is 58.6 Å². The number of cyclic esters (lactones) is 1. The molecule has 2 unspecified atom stereocenters. The van der Waals surface area contributed by atoms with Crippen molar-refractivity contribution in [3.8, 4) is 11.5 Å². The van der Waals surface area contributed by atoms with Gasteiger partial charge in [-0.05, 0) is 41.3 Å². The maximum atomic E-state index is 12.1. The number of carbonyl (C=O) groups excluding carboxylic acids is 1. The SMILES string of the molecule is CC(CN1CC(c2cccc(Cl)c2)OC1=O)c1ccc(O)c(O)c1. The molecule has 0 aromatic heterocycles. The van der Waals surface area contributed by atoms with Crippen LogP contribution in [0.3, 0.4) is 0 Å². The Morgan fingerprint density at radius 3 is 2.75 bits per heavy atom. The predicted octanol–water partition coefficient (Wildman–Crippen LogP) is 4.05. The fourth-order valence-electron chi connectivity index (χ4n) is 2.82. The van der Waals surface area contributed by atoms with Crippen molar-refractivity contribution in [3.63, 3.8) is 0 Å². The Bertz CT molecular complexity index is 764. The lowest BCUT2D eigenvalue weighted by molar-refractivity contribution is 0.132. The van der Waals surface area contributed by atoms with Crippen molar-refractivity contribution >= 4 is 17.7 Å². The Morgan fingerprint density at radius 2 is 2.04 bits per heavy atom. The van der Waals surface area contributed by atoms with Crippen molar-refractivity contribution < 1.29 is 19.7 Å². The molecule has 24 heavy (non-hydrogen) atoms. The highest BCUT2D eigenvalue weighted by Gasteiger charge is 2.33. The first-order valence-electron chi connectivity index (χ1n) is 7.67. The first kappa shape index (κ1) is 16.5. The summed E-state index contributed by atoms with van der Waals surface area (Å²) in [5, 5.41) is 19.6. The van der Waals surface area contributed by atoms with Crippen LogP contribution in [0.1, 0.15) is 30.1 Å². The van der Waals surface area contributed by atoms with Gasteiger partial charge in [0.2, 0.25) is 0 Å². The highest BCUT2D eigenvalue weighted by atomic mass is 35.5. The van der Waals surface area contributed by atoms with E-state index >= 15 is 0 Å². The number of aromatic hydroxyl groups is 2. The van der Waals surface area contributed by atoms with Gasteiger partial charge in [-0.1, -0.05) is 36.7 Å².